The first kappa shape index (κ1) is 29.8. The van der Waals surface area contributed by atoms with Crippen molar-refractivity contribution in [3.05, 3.63) is 182 Å². The third-order valence-electron chi connectivity index (χ3n) is 11.5. The average Bonchev–Trinajstić information content (AvgIpc) is 3.81. The molecule has 12 rings (SSSR count). The van der Waals surface area contributed by atoms with E-state index in [0.717, 1.165) is 11.2 Å². The summed E-state index contributed by atoms with van der Waals surface area (Å²) in [7, 11) is 0. The molecule has 0 fully saturated rings. The molecule has 2 aromatic heterocycles. The molecule has 1 nitrogen and oxygen atoms in total. The Bertz CT molecular complexity index is 3450. The second-order valence-corrected chi connectivity index (χ2v) is 15.4. The monoisotopic (exact) mass is 702 g/mol. The van der Waals surface area contributed by atoms with E-state index >= 15 is 0 Å². The van der Waals surface area contributed by atoms with Crippen molar-refractivity contribution >= 4 is 96.5 Å². The third kappa shape index (κ3) is 4.26. The van der Waals surface area contributed by atoms with Gasteiger partial charge in [-0.05, 0) is 96.0 Å². The summed E-state index contributed by atoms with van der Waals surface area (Å²) in [5.41, 5.74) is 9.41. The van der Waals surface area contributed by atoms with Gasteiger partial charge in [-0.3, -0.25) is 0 Å². The van der Waals surface area contributed by atoms with E-state index in [-0.39, 0.29) is 0 Å². The molecule has 0 saturated carbocycles. The molecule has 0 saturated heterocycles. The maximum atomic E-state index is 6.42. The summed E-state index contributed by atoms with van der Waals surface area (Å²) < 4.78 is 9.02. The molecule has 0 bridgehead atoms. The quantitative estimate of drug-likeness (QED) is 0.167. The maximum Gasteiger partial charge on any atom is 0.143 e. The predicted molar refractivity (Wildman–Crippen MR) is 233 cm³/mol. The molecule has 0 aliphatic carbocycles. The highest BCUT2D eigenvalue weighted by Gasteiger charge is 2.19. The first-order valence-electron chi connectivity index (χ1n) is 18.5. The molecule has 12 aromatic rings. The van der Waals surface area contributed by atoms with Crippen molar-refractivity contribution in [3.63, 3.8) is 0 Å². The Balaban J connectivity index is 1.03. The SMILES string of the molecule is c1cc(-c2ccc3c(c2)sc2c3ccc3c2ccc2c4ccccc4oc23)cc(-c2c3ccccc3c(-c3cccc4ccccc34)c3ccccc23)c1. The van der Waals surface area contributed by atoms with Crippen molar-refractivity contribution in [2.75, 3.05) is 0 Å². The lowest BCUT2D eigenvalue weighted by Gasteiger charge is -2.19. The van der Waals surface area contributed by atoms with Crippen LogP contribution in [-0.2, 0) is 0 Å². The van der Waals surface area contributed by atoms with Gasteiger partial charge in [0.1, 0.15) is 11.2 Å². The Labute approximate surface area is 314 Å². The number of thiophene rings is 1. The van der Waals surface area contributed by atoms with Crippen molar-refractivity contribution < 1.29 is 4.42 Å². The summed E-state index contributed by atoms with van der Waals surface area (Å²) in [6, 6.07) is 66.8. The van der Waals surface area contributed by atoms with Crippen LogP contribution in [0.2, 0.25) is 0 Å². The van der Waals surface area contributed by atoms with Crippen molar-refractivity contribution in [1.82, 2.24) is 0 Å². The second-order valence-electron chi connectivity index (χ2n) is 14.3. The zero-order valence-electron chi connectivity index (χ0n) is 29.1. The van der Waals surface area contributed by atoms with Gasteiger partial charge in [-0.15, -0.1) is 11.3 Å². The first-order chi connectivity index (χ1) is 26.8. The normalized spacial score (nSPS) is 12.1. The number of rotatable bonds is 3. The van der Waals surface area contributed by atoms with E-state index in [9.17, 15) is 0 Å². The van der Waals surface area contributed by atoms with Crippen LogP contribution >= 0.6 is 11.3 Å². The third-order valence-corrected chi connectivity index (χ3v) is 12.7. The Morgan fingerprint density at radius 3 is 1.65 bits per heavy atom. The van der Waals surface area contributed by atoms with Gasteiger partial charge in [0.15, 0.2) is 0 Å². The minimum absolute atomic E-state index is 0.935. The highest BCUT2D eigenvalue weighted by molar-refractivity contribution is 7.26. The van der Waals surface area contributed by atoms with E-state index in [0.29, 0.717) is 0 Å². The smallest absolute Gasteiger partial charge is 0.143 e. The minimum Gasteiger partial charge on any atom is -0.455 e. The van der Waals surface area contributed by atoms with E-state index in [1.165, 1.54) is 107 Å². The first-order valence-corrected chi connectivity index (χ1v) is 19.3. The highest BCUT2D eigenvalue weighted by atomic mass is 32.1. The van der Waals surface area contributed by atoms with E-state index < -0.39 is 0 Å². The number of benzene rings is 10. The summed E-state index contributed by atoms with van der Waals surface area (Å²) >= 11 is 1.88. The van der Waals surface area contributed by atoms with Crippen LogP contribution in [0, 0.1) is 0 Å². The van der Waals surface area contributed by atoms with Gasteiger partial charge in [0.25, 0.3) is 0 Å². The Hall–Kier alpha value is -6.74. The van der Waals surface area contributed by atoms with E-state index in [4.69, 9.17) is 4.42 Å². The molecule has 2 heteroatoms. The van der Waals surface area contributed by atoms with Crippen LogP contribution in [-0.4, -0.2) is 0 Å². The standard InChI is InChI=1S/C52H30OS/c1-2-15-35-31(11-1)12-10-21-38(35)50-41-19-5-3-17-39(41)49(40-18-4-6-20-42(40)50)34-14-9-13-32(29-34)33-23-24-37-45-27-26-44-46(52(45)54-48(37)30-33)28-25-43-36-16-7-8-22-47(36)53-51(43)44/h1-30H. The van der Waals surface area contributed by atoms with Crippen LogP contribution in [0.1, 0.15) is 0 Å². The second kappa shape index (κ2) is 11.4. The summed E-state index contributed by atoms with van der Waals surface area (Å²) in [4.78, 5) is 0. The summed E-state index contributed by atoms with van der Waals surface area (Å²) in [6.45, 7) is 0. The van der Waals surface area contributed by atoms with Crippen LogP contribution in [0.4, 0.5) is 0 Å². The average molecular weight is 703 g/mol. The molecule has 0 amide bonds. The Kier molecular flexibility index (Phi) is 6.28. The number of hydrogen-bond donors (Lipinski definition) is 0. The number of hydrogen-bond acceptors (Lipinski definition) is 2. The lowest BCUT2D eigenvalue weighted by atomic mass is 9.84. The minimum atomic E-state index is 0.935. The van der Waals surface area contributed by atoms with Gasteiger partial charge in [-0.25, -0.2) is 0 Å². The number of para-hydroxylation sites is 1. The molecule has 0 radical (unpaired) electrons. The summed E-state index contributed by atoms with van der Waals surface area (Å²) in [5.74, 6) is 0. The molecule has 54 heavy (non-hydrogen) atoms. The maximum absolute atomic E-state index is 6.42. The van der Waals surface area contributed by atoms with Crippen LogP contribution in [0.25, 0.3) is 119 Å². The van der Waals surface area contributed by atoms with Crippen molar-refractivity contribution in [2.45, 2.75) is 0 Å². The Morgan fingerprint density at radius 2 is 0.870 bits per heavy atom. The molecule has 0 unspecified atom stereocenters. The van der Waals surface area contributed by atoms with Gasteiger partial charge in [-0.1, -0.05) is 152 Å². The fourth-order valence-electron chi connectivity index (χ4n) is 9.03. The van der Waals surface area contributed by atoms with Gasteiger partial charge in [0.2, 0.25) is 0 Å². The molecule has 0 aliphatic rings. The Morgan fingerprint density at radius 1 is 0.333 bits per heavy atom. The molecule has 0 N–H and O–H groups in total. The van der Waals surface area contributed by atoms with Crippen LogP contribution in [0.5, 0.6) is 0 Å². The van der Waals surface area contributed by atoms with Crippen LogP contribution < -0.4 is 0 Å². The fourth-order valence-corrected chi connectivity index (χ4v) is 10.3. The molecule has 0 aliphatic heterocycles. The van der Waals surface area contributed by atoms with Gasteiger partial charge in [-0.2, -0.15) is 0 Å². The fraction of sp³-hybridized carbons (Fsp3) is 0. The van der Waals surface area contributed by atoms with Crippen molar-refractivity contribution in [2.24, 2.45) is 0 Å². The van der Waals surface area contributed by atoms with Crippen molar-refractivity contribution in [3.8, 4) is 33.4 Å². The molecule has 0 spiro atoms. The summed E-state index contributed by atoms with van der Waals surface area (Å²) in [6.07, 6.45) is 0. The van der Waals surface area contributed by atoms with E-state index in [1.807, 2.05) is 17.4 Å². The molecule has 10 aromatic carbocycles. The van der Waals surface area contributed by atoms with Gasteiger partial charge >= 0.3 is 0 Å². The van der Waals surface area contributed by atoms with Gasteiger partial charge in [0.05, 0.1) is 0 Å². The molecule has 2 heterocycles. The van der Waals surface area contributed by atoms with E-state index in [2.05, 4.69) is 176 Å². The summed E-state index contributed by atoms with van der Waals surface area (Å²) in [5, 5.41) is 14.9. The molecule has 250 valence electrons. The zero-order chi connectivity index (χ0) is 35.3. The topological polar surface area (TPSA) is 13.1 Å². The largest absolute Gasteiger partial charge is 0.455 e. The lowest BCUT2D eigenvalue weighted by molar-refractivity contribution is 0.672. The highest BCUT2D eigenvalue weighted by Crippen LogP contribution is 2.47. The predicted octanol–water partition coefficient (Wildman–Crippen LogP) is 15.6. The van der Waals surface area contributed by atoms with Gasteiger partial charge < -0.3 is 4.42 Å². The van der Waals surface area contributed by atoms with E-state index in [1.54, 1.807) is 0 Å². The molecular weight excluding hydrogens is 673 g/mol. The van der Waals surface area contributed by atoms with Crippen molar-refractivity contribution in [1.29, 1.82) is 0 Å². The number of furan rings is 1. The lowest BCUT2D eigenvalue weighted by Crippen LogP contribution is -1.92. The van der Waals surface area contributed by atoms with Crippen LogP contribution in [0.15, 0.2) is 186 Å². The number of fused-ring (bicyclic) bond motifs is 12. The molecule has 0 atom stereocenters. The van der Waals surface area contributed by atoms with Crippen LogP contribution in [0.3, 0.4) is 0 Å². The molecular formula is C52H30OS. The van der Waals surface area contributed by atoms with Gasteiger partial charge in [0, 0.05) is 41.7 Å². The zero-order valence-corrected chi connectivity index (χ0v) is 30.0.